The molecule has 3 heteroatoms. The van der Waals surface area contributed by atoms with Crippen molar-refractivity contribution in [2.75, 3.05) is 7.05 Å². The van der Waals surface area contributed by atoms with Crippen LogP contribution in [-0.4, -0.2) is 13.0 Å². The lowest BCUT2D eigenvalue weighted by atomic mass is 9.99. The summed E-state index contributed by atoms with van der Waals surface area (Å²) in [4.78, 5) is 3.98. The highest BCUT2D eigenvalue weighted by molar-refractivity contribution is 5.78. The molecule has 98 valence electrons. The van der Waals surface area contributed by atoms with Gasteiger partial charge in [-0.05, 0) is 17.5 Å². The van der Waals surface area contributed by atoms with E-state index in [4.69, 9.17) is 5.73 Å². The summed E-state index contributed by atoms with van der Waals surface area (Å²) in [6.07, 6.45) is 0.876. The fourth-order valence-corrected chi connectivity index (χ4v) is 2.03. The van der Waals surface area contributed by atoms with Crippen LogP contribution in [0.15, 0.2) is 65.7 Å². The molecule has 0 radical (unpaired) electrons. The molecular formula is C16H19N3. The van der Waals surface area contributed by atoms with Gasteiger partial charge in [0.15, 0.2) is 5.96 Å². The van der Waals surface area contributed by atoms with E-state index in [9.17, 15) is 0 Å². The Kier molecular flexibility index (Phi) is 4.56. The summed E-state index contributed by atoms with van der Waals surface area (Å²) < 4.78 is 0. The Morgan fingerprint density at radius 2 is 1.63 bits per heavy atom. The Hall–Kier alpha value is -2.29. The third-order valence-corrected chi connectivity index (χ3v) is 3.05. The standard InChI is InChI=1S/C16H19N3/c1-18-16(17)19-15(14-10-6-3-7-11-14)12-13-8-4-2-5-9-13/h2-11,15H,12H2,1H3,(H3,17,18,19). The molecule has 1 atom stereocenters. The maximum absolute atomic E-state index is 5.80. The summed E-state index contributed by atoms with van der Waals surface area (Å²) in [5, 5.41) is 3.26. The molecule has 0 aliphatic rings. The number of nitrogens with two attached hydrogens (primary N) is 1. The molecular weight excluding hydrogens is 234 g/mol. The van der Waals surface area contributed by atoms with Crippen LogP contribution in [-0.2, 0) is 6.42 Å². The molecule has 19 heavy (non-hydrogen) atoms. The fourth-order valence-electron chi connectivity index (χ4n) is 2.03. The molecule has 2 rings (SSSR count). The van der Waals surface area contributed by atoms with Crippen molar-refractivity contribution in [2.24, 2.45) is 10.7 Å². The highest BCUT2D eigenvalue weighted by Crippen LogP contribution is 2.18. The van der Waals surface area contributed by atoms with E-state index in [0.29, 0.717) is 5.96 Å². The molecule has 0 saturated carbocycles. The van der Waals surface area contributed by atoms with Gasteiger partial charge in [-0.1, -0.05) is 60.7 Å². The first-order valence-electron chi connectivity index (χ1n) is 6.37. The molecule has 0 saturated heterocycles. The van der Waals surface area contributed by atoms with Gasteiger partial charge in [-0.2, -0.15) is 0 Å². The molecule has 0 aliphatic carbocycles. The van der Waals surface area contributed by atoms with Crippen molar-refractivity contribution in [1.29, 1.82) is 0 Å². The highest BCUT2D eigenvalue weighted by Gasteiger charge is 2.12. The topological polar surface area (TPSA) is 50.4 Å². The number of benzene rings is 2. The first-order chi connectivity index (χ1) is 9.29. The second-order valence-corrected chi connectivity index (χ2v) is 4.41. The number of rotatable bonds is 4. The first-order valence-corrected chi connectivity index (χ1v) is 6.37. The van der Waals surface area contributed by atoms with Crippen LogP contribution in [0.4, 0.5) is 0 Å². The third kappa shape index (κ3) is 3.85. The van der Waals surface area contributed by atoms with Gasteiger partial charge in [-0.25, -0.2) is 0 Å². The second kappa shape index (κ2) is 6.59. The van der Waals surface area contributed by atoms with Crippen LogP contribution in [0.1, 0.15) is 17.2 Å². The van der Waals surface area contributed by atoms with Crippen molar-refractivity contribution in [3.63, 3.8) is 0 Å². The second-order valence-electron chi connectivity index (χ2n) is 4.41. The minimum Gasteiger partial charge on any atom is -0.370 e. The van der Waals surface area contributed by atoms with Crippen molar-refractivity contribution in [3.8, 4) is 0 Å². The lowest BCUT2D eigenvalue weighted by molar-refractivity contribution is 0.639. The minimum atomic E-state index is 0.132. The van der Waals surface area contributed by atoms with Crippen LogP contribution < -0.4 is 11.1 Å². The quantitative estimate of drug-likeness (QED) is 0.649. The maximum Gasteiger partial charge on any atom is 0.188 e. The predicted molar refractivity (Wildman–Crippen MR) is 80.0 cm³/mol. The normalized spacial score (nSPS) is 13.0. The Morgan fingerprint density at radius 3 is 2.21 bits per heavy atom. The fraction of sp³-hybridized carbons (Fsp3) is 0.188. The van der Waals surface area contributed by atoms with Crippen molar-refractivity contribution in [3.05, 3.63) is 71.8 Å². The van der Waals surface area contributed by atoms with Crippen molar-refractivity contribution in [1.82, 2.24) is 5.32 Å². The van der Waals surface area contributed by atoms with Gasteiger partial charge in [0.1, 0.15) is 0 Å². The lowest BCUT2D eigenvalue weighted by Gasteiger charge is -2.19. The molecule has 0 heterocycles. The van der Waals surface area contributed by atoms with Crippen LogP contribution in [0.2, 0.25) is 0 Å². The highest BCUT2D eigenvalue weighted by atomic mass is 15.1. The van der Waals surface area contributed by atoms with Crippen molar-refractivity contribution < 1.29 is 0 Å². The Morgan fingerprint density at radius 1 is 1.05 bits per heavy atom. The average Bonchev–Trinajstić information content (AvgIpc) is 2.48. The number of guanidine groups is 1. The van der Waals surface area contributed by atoms with E-state index in [1.807, 2.05) is 24.3 Å². The number of nitrogens with zero attached hydrogens (tertiary/aromatic N) is 1. The largest absolute Gasteiger partial charge is 0.370 e. The van der Waals surface area contributed by atoms with E-state index in [2.05, 4.69) is 46.7 Å². The van der Waals surface area contributed by atoms with Crippen LogP contribution in [0.3, 0.4) is 0 Å². The van der Waals surface area contributed by atoms with Gasteiger partial charge in [0.25, 0.3) is 0 Å². The van der Waals surface area contributed by atoms with E-state index in [1.54, 1.807) is 7.05 Å². The molecule has 0 aliphatic heterocycles. The van der Waals surface area contributed by atoms with E-state index in [0.717, 1.165) is 6.42 Å². The molecule has 3 nitrogen and oxygen atoms in total. The summed E-state index contributed by atoms with van der Waals surface area (Å²) in [5.74, 6) is 0.463. The zero-order valence-electron chi connectivity index (χ0n) is 11.1. The number of hydrogen-bond donors (Lipinski definition) is 2. The Labute approximate surface area is 114 Å². The lowest BCUT2D eigenvalue weighted by Crippen LogP contribution is -2.35. The number of hydrogen-bond acceptors (Lipinski definition) is 1. The number of nitrogens with one attached hydrogen (secondary N) is 1. The Balaban J connectivity index is 2.20. The van der Waals surface area contributed by atoms with E-state index >= 15 is 0 Å². The maximum atomic E-state index is 5.80. The molecule has 0 fully saturated rings. The van der Waals surface area contributed by atoms with Crippen LogP contribution in [0.25, 0.3) is 0 Å². The van der Waals surface area contributed by atoms with Gasteiger partial charge >= 0.3 is 0 Å². The van der Waals surface area contributed by atoms with Gasteiger partial charge < -0.3 is 11.1 Å². The molecule has 2 aromatic rings. The summed E-state index contributed by atoms with van der Waals surface area (Å²) >= 11 is 0. The first kappa shape index (κ1) is 13.1. The van der Waals surface area contributed by atoms with E-state index < -0.39 is 0 Å². The molecule has 0 bridgehead atoms. The summed E-state index contributed by atoms with van der Waals surface area (Å²) in [6.45, 7) is 0. The van der Waals surface area contributed by atoms with E-state index in [-0.39, 0.29) is 6.04 Å². The average molecular weight is 253 g/mol. The molecule has 0 aromatic heterocycles. The SMILES string of the molecule is CN=C(N)NC(Cc1ccccc1)c1ccccc1. The minimum absolute atomic E-state index is 0.132. The zero-order chi connectivity index (χ0) is 13.5. The van der Waals surface area contributed by atoms with Crippen molar-refractivity contribution >= 4 is 5.96 Å². The van der Waals surface area contributed by atoms with E-state index in [1.165, 1.54) is 11.1 Å². The molecule has 3 N–H and O–H groups in total. The summed E-state index contributed by atoms with van der Waals surface area (Å²) in [6, 6.07) is 20.8. The predicted octanol–water partition coefficient (Wildman–Crippen LogP) is 2.50. The molecule has 1 unspecified atom stereocenters. The third-order valence-electron chi connectivity index (χ3n) is 3.05. The van der Waals surface area contributed by atoms with Crippen molar-refractivity contribution in [2.45, 2.75) is 12.5 Å². The van der Waals surface area contributed by atoms with Gasteiger partial charge in [0, 0.05) is 7.05 Å². The number of aliphatic imine (C=N–C) groups is 1. The molecule has 0 amide bonds. The van der Waals surface area contributed by atoms with Gasteiger partial charge in [0.05, 0.1) is 6.04 Å². The van der Waals surface area contributed by atoms with Crippen LogP contribution in [0, 0.1) is 0 Å². The molecule has 2 aromatic carbocycles. The smallest absolute Gasteiger partial charge is 0.188 e. The monoisotopic (exact) mass is 253 g/mol. The summed E-state index contributed by atoms with van der Waals surface area (Å²) in [5.41, 5.74) is 8.28. The van der Waals surface area contributed by atoms with Gasteiger partial charge in [-0.3, -0.25) is 4.99 Å². The molecule has 0 spiro atoms. The van der Waals surface area contributed by atoms with Gasteiger partial charge in [-0.15, -0.1) is 0 Å². The Bertz CT molecular complexity index is 520. The summed E-state index contributed by atoms with van der Waals surface area (Å²) in [7, 11) is 1.69. The van der Waals surface area contributed by atoms with Crippen LogP contribution >= 0.6 is 0 Å². The zero-order valence-corrected chi connectivity index (χ0v) is 11.1. The van der Waals surface area contributed by atoms with Gasteiger partial charge in [0.2, 0.25) is 0 Å². The van der Waals surface area contributed by atoms with Crippen LogP contribution in [0.5, 0.6) is 0 Å².